The Hall–Kier alpha value is -3.87. The largest absolute Gasteiger partial charge is 0.497 e. The molecule has 0 aliphatic carbocycles. The highest BCUT2D eigenvalue weighted by Crippen LogP contribution is 2.30. The average Bonchev–Trinajstić information content (AvgIpc) is 2.81. The molecule has 0 unspecified atom stereocenters. The van der Waals surface area contributed by atoms with Crippen molar-refractivity contribution in [3.05, 3.63) is 89.2 Å². The third-order valence-corrected chi connectivity index (χ3v) is 5.81. The van der Waals surface area contributed by atoms with Crippen molar-refractivity contribution in [2.75, 3.05) is 30.4 Å². The number of aryl methyl sites for hydroxylation is 1. The number of methoxy groups -OCH3 is 1. The number of ether oxygens (including phenoxy) is 1. The molecular formula is C27H28FN3O3. The van der Waals surface area contributed by atoms with Crippen LogP contribution in [0, 0.1) is 12.7 Å². The molecule has 0 radical (unpaired) electrons. The maximum absolute atomic E-state index is 13.6. The van der Waals surface area contributed by atoms with Crippen LogP contribution in [0.3, 0.4) is 0 Å². The molecule has 3 amide bonds. The molecule has 3 aromatic carbocycles. The van der Waals surface area contributed by atoms with Crippen molar-refractivity contribution >= 4 is 23.3 Å². The second kappa shape index (κ2) is 10.4. The third kappa shape index (κ3) is 5.54. The SMILES string of the molecule is COc1ccc(CC(=O)Nc2cc(C)ccc2N2CCCN(Cc3cccc(F)c3)C2=O)cc1. The minimum absolute atomic E-state index is 0.162. The number of urea groups is 1. The van der Waals surface area contributed by atoms with Crippen LogP contribution in [0.5, 0.6) is 5.75 Å². The van der Waals surface area contributed by atoms with Gasteiger partial charge in [0.25, 0.3) is 0 Å². The number of rotatable bonds is 7. The lowest BCUT2D eigenvalue weighted by Gasteiger charge is -2.36. The summed E-state index contributed by atoms with van der Waals surface area (Å²) in [7, 11) is 1.60. The monoisotopic (exact) mass is 461 g/mol. The van der Waals surface area contributed by atoms with Crippen molar-refractivity contribution in [2.24, 2.45) is 0 Å². The Balaban J connectivity index is 1.51. The first-order valence-electron chi connectivity index (χ1n) is 11.3. The zero-order valence-electron chi connectivity index (χ0n) is 19.4. The Kier molecular flexibility index (Phi) is 7.11. The molecule has 1 heterocycles. The van der Waals surface area contributed by atoms with Crippen molar-refractivity contribution in [1.29, 1.82) is 0 Å². The van der Waals surface area contributed by atoms with E-state index in [-0.39, 0.29) is 24.2 Å². The van der Waals surface area contributed by atoms with E-state index in [0.717, 1.165) is 28.9 Å². The van der Waals surface area contributed by atoms with Crippen LogP contribution in [-0.2, 0) is 17.8 Å². The van der Waals surface area contributed by atoms with E-state index in [0.29, 0.717) is 31.0 Å². The summed E-state index contributed by atoms with van der Waals surface area (Å²) in [5, 5.41) is 2.99. The highest BCUT2D eigenvalue weighted by molar-refractivity contribution is 6.01. The van der Waals surface area contributed by atoms with Crippen molar-refractivity contribution in [1.82, 2.24) is 4.90 Å². The van der Waals surface area contributed by atoms with E-state index in [1.807, 2.05) is 55.5 Å². The summed E-state index contributed by atoms with van der Waals surface area (Å²) in [4.78, 5) is 29.5. The van der Waals surface area contributed by atoms with Gasteiger partial charge in [-0.25, -0.2) is 9.18 Å². The van der Waals surface area contributed by atoms with E-state index >= 15 is 0 Å². The summed E-state index contributed by atoms with van der Waals surface area (Å²) in [6.45, 7) is 3.41. The van der Waals surface area contributed by atoms with Crippen LogP contribution in [0.15, 0.2) is 66.7 Å². The van der Waals surface area contributed by atoms with Crippen molar-refractivity contribution < 1.29 is 18.7 Å². The summed E-state index contributed by atoms with van der Waals surface area (Å²) in [6.07, 6.45) is 0.977. The molecular weight excluding hydrogens is 433 g/mol. The molecule has 1 aliphatic rings. The first-order chi connectivity index (χ1) is 16.4. The number of halogens is 1. The van der Waals surface area contributed by atoms with Crippen LogP contribution in [0.4, 0.5) is 20.6 Å². The number of carbonyl (C=O) groups excluding carboxylic acids is 2. The van der Waals surface area contributed by atoms with Crippen molar-refractivity contribution in [3.63, 3.8) is 0 Å². The first kappa shape index (κ1) is 23.3. The van der Waals surface area contributed by atoms with Gasteiger partial charge in [0.2, 0.25) is 5.91 Å². The van der Waals surface area contributed by atoms with Gasteiger partial charge < -0.3 is 15.0 Å². The van der Waals surface area contributed by atoms with Crippen LogP contribution in [0.25, 0.3) is 0 Å². The number of hydrogen-bond donors (Lipinski definition) is 1. The zero-order valence-corrected chi connectivity index (χ0v) is 19.4. The standard InChI is InChI=1S/C27H28FN3O3/c1-19-7-12-25(24(15-19)29-26(32)17-20-8-10-23(34-2)11-9-20)31-14-4-13-30(27(31)33)18-21-5-3-6-22(28)16-21/h3,5-12,15-16H,4,13-14,17-18H2,1-2H3,(H,29,32). The highest BCUT2D eigenvalue weighted by atomic mass is 19.1. The Morgan fingerprint density at radius 3 is 2.56 bits per heavy atom. The summed E-state index contributed by atoms with van der Waals surface area (Å²) in [6, 6.07) is 19.1. The lowest BCUT2D eigenvalue weighted by atomic mass is 10.1. The quantitative estimate of drug-likeness (QED) is 0.529. The number of anilines is 2. The molecule has 7 heteroatoms. The van der Waals surface area contributed by atoms with Gasteiger partial charge in [-0.3, -0.25) is 9.69 Å². The predicted octanol–water partition coefficient (Wildman–Crippen LogP) is 5.16. The fourth-order valence-electron chi connectivity index (χ4n) is 4.12. The second-order valence-corrected chi connectivity index (χ2v) is 8.43. The Morgan fingerprint density at radius 2 is 1.82 bits per heavy atom. The number of nitrogens with one attached hydrogen (secondary N) is 1. The van der Waals surface area contributed by atoms with Gasteiger partial charge in [-0.1, -0.05) is 30.3 Å². The molecule has 0 spiro atoms. The molecule has 0 bridgehead atoms. The van der Waals surface area contributed by atoms with Crippen LogP contribution in [-0.4, -0.2) is 37.0 Å². The summed E-state index contributed by atoms with van der Waals surface area (Å²) < 4.78 is 18.8. The third-order valence-electron chi connectivity index (χ3n) is 5.81. The van der Waals surface area contributed by atoms with Gasteiger partial charge in [0.05, 0.1) is 24.9 Å². The van der Waals surface area contributed by atoms with Gasteiger partial charge >= 0.3 is 6.03 Å². The van der Waals surface area contributed by atoms with E-state index in [4.69, 9.17) is 4.74 Å². The minimum atomic E-state index is -0.320. The van der Waals surface area contributed by atoms with E-state index < -0.39 is 0 Å². The van der Waals surface area contributed by atoms with Gasteiger partial charge in [0, 0.05) is 19.6 Å². The summed E-state index contributed by atoms with van der Waals surface area (Å²) >= 11 is 0. The molecule has 0 aromatic heterocycles. The minimum Gasteiger partial charge on any atom is -0.497 e. The molecule has 1 fully saturated rings. The molecule has 3 aromatic rings. The molecule has 0 saturated carbocycles. The zero-order chi connectivity index (χ0) is 24.1. The molecule has 1 aliphatic heterocycles. The van der Waals surface area contributed by atoms with Gasteiger partial charge in [-0.2, -0.15) is 0 Å². The maximum Gasteiger partial charge on any atom is 0.324 e. The van der Waals surface area contributed by atoms with Crippen LogP contribution >= 0.6 is 0 Å². The Bertz CT molecular complexity index is 1180. The van der Waals surface area contributed by atoms with Gasteiger partial charge in [-0.05, 0) is 66.4 Å². The highest BCUT2D eigenvalue weighted by Gasteiger charge is 2.28. The molecule has 176 valence electrons. The first-order valence-corrected chi connectivity index (χ1v) is 11.3. The fraction of sp³-hybridized carbons (Fsp3) is 0.259. The average molecular weight is 462 g/mol. The fourth-order valence-corrected chi connectivity index (χ4v) is 4.12. The van der Waals surface area contributed by atoms with Gasteiger partial charge in [0.1, 0.15) is 11.6 Å². The number of amides is 3. The summed E-state index contributed by atoms with van der Waals surface area (Å²) in [5.74, 6) is 0.244. The predicted molar refractivity (Wildman–Crippen MR) is 131 cm³/mol. The number of benzene rings is 3. The lowest BCUT2D eigenvalue weighted by molar-refractivity contribution is -0.115. The maximum atomic E-state index is 13.6. The smallest absolute Gasteiger partial charge is 0.324 e. The van der Waals surface area contributed by atoms with Gasteiger partial charge in [0.15, 0.2) is 0 Å². The summed E-state index contributed by atoms with van der Waals surface area (Å²) in [5.41, 5.74) is 3.83. The molecule has 6 nitrogen and oxygen atoms in total. The van der Waals surface area contributed by atoms with Crippen LogP contribution in [0.2, 0.25) is 0 Å². The molecule has 1 saturated heterocycles. The Labute approximate surface area is 198 Å². The normalized spacial score (nSPS) is 13.7. The van der Waals surface area contributed by atoms with Crippen LogP contribution < -0.4 is 15.0 Å². The van der Waals surface area contributed by atoms with Crippen LogP contribution in [0.1, 0.15) is 23.1 Å². The number of carbonyl (C=O) groups is 2. The number of hydrogen-bond acceptors (Lipinski definition) is 3. The van der Waals surface area contributed by atoms with E-state index in [1.54, 1.807) is 23.0 Å². The molecule has 34 heavy (non-hydrogen) atoms. The lowest BCUT2D eigenvalue weighted by Crippen LogP contribution is -2.49. The van der Waals surface area contributed by atoms with E-state index in [2.05, 4.69) is 5.32 Å². The van der Waals surface area contributed by atoms with Crippen molar-refractivity contribution in [3.8, 4) is 5.75 Å². The molecule has 0 atom stereocenters. The molecule has 1 N–H and O–H groups in total. The van der Waals surface area contributed by atoms with Crippen molar-refractivity contribution in [2.45, 2.75) is 26.3 Å². The Morgan fingerprint density at radius 1 is 1.03 bits per heavy atom. The van der Waals surface area contributed by atoms with E-state index in [9.17, 15) is 14.0 Å². The topological polar surface area (TPSA) is 61.9 Å². The van der Waals surface area contributed by atoms with E-state index in [1.165, 1.54) is 12.1 Å². The second-order valence-electron chi connectivity index (χ2n) is 8.43. The van der Waals surface area contributed by atoms with Gasteiger partial charge in [-0.15, -0.1) is 0 Å². The molecule has 4 rings (SSSR count). The number of nitrogens with zero attached hydrogens (tertiary/aromatic N) is 2.